The van der Waals surface area contributed by atoms with Crippen molar-refractivity contribution in [2.45, 2.75) is 52.2 Å². The number of nitrogens with zero attached hydrogens (tertiary/aromatic N) is 2. The van der Waals surface area contributed by atoms with Gasteiger partial charge >= 0.3 is 6.09 Å². The van der Waals surface area contributed by atoms with Gasteiger partial charge in [-0.1, -0.05) is 0 Å². The maximum absolute atomic E-state index is 12.5. The highest BCUT2D eigenvalue weighted by atomic mass is 16.6. The number of rotatable bonds is 3. The average molecular weight is 362 g/mol. The van der Waals surface area contributed by atoms with Crippen LogP contribution in [0.2, 0.25) is 0 Å². The Morgan fingerprint density at radius 3 is 2.69 bits per heavy atom. The number of piperidine rings is 1. The molecule has 0 bridgehead atoms. The van der Waals surface area contributed by atoms with E-state index in [-0.39, 0.29) is 23.9 Å². The van der Waals surface area contributed by atoms with Crippen LogP contribution in [0.4, 0.5) is 10.6 Å². The van der Waals surface area contributed by atoms with Crippen LogP contribution in [0.1, 0.15) is 50.9 Å². The molecular weight excluding hydrogens is 336 g/mol. The summed E-state index contributed by atoms with van der Waals surface area (Å²) < 4.78 is 5.39. The quantitative estimate of drug-likeness (QED) is 0.858. The van der Waals surface area contributed by atoms with Crippen LogP contribution in [0.5, 0.6) is 0 Å². The molecule has 1 fully saturated rings. The molecule has 0 radical (unpaired) electrons. The largest absolute Gasteiger partial charge is 0.444 e. The highest BCUT2D eigenvalue weighted by Crippen LogP contribution is 2.16. The minimum absolute atomic E-state index is 0.152. The molecular formula is C18H26N4O4. The number of anilines is 1. The molecule has 0 unspecified atom stereocenters. The third-order valence-electron chi connectivity index (χ3n) is 3.73. The Bertz CT molecular complexity index is 684. The summed E-state index contributed by atoms with van der Waals surface area (Å²) in [5, 5.41) is 5.48. The van der Waals surface area contributed by atoms with Crippen molar-refractivity contribution in [3.63, 3.8) is 0 Å². The molecule has 8 nitrogen and oxygen atoms in total. The number of nitrogens with one attached hydrogen (secondary N) is 2. The summed E-state index contributed by atoms with van der Waals surface area (Å²) in [6, 6.07) is 2.95. The zero-order valence-corrected chi connectivity index (χ0v) is 15.7. The smallest absolute Gasteiger partial charge is 0.410 e. The molecule has 8 heteroatoms. The summed E-state index contributed by atoms with van der Waals surface area (Å²) in [4.78, 5) is 41.4. The van der Waals surface area contributed by atoms with E-state index >= 15 is 0 Å². The van der Waals surface area contributed by atoms with Gasteiger partial charge in [-0.3, -0.25) is 9.59 Å². The van der Waals surface area contributed by atoms with E-state index in [9.17, 15) is 14.4 Å². The molecule has 0 aromatic carbocycles. The van der Waals surface area contributed by atoms with Gasteiger partial charge in [0.05, 0.1) is 0 Å². The molecule has 142 valence electrons. The molecule has 0 saturated carbocycles. The molecule has 0 aliphatic carbocycles. The van der Waals surface area contributed by atoms with E-state index < -0.39 is 5.60 Å². The van der Waals surface area contributed by atoms with Crippen molar-refractivity contribution >= 4 is 23.7 Å². The van der Waals surface area contributed by atoms with Gasteiger partial charge in [0, 0.05) is 37.8 Å². The zero-order valence-electron chi connectivity index (χ0n) is 15.7. The molecule has 1 atom stereocenters. The first-order chi connectivity index (χ1) is 12.1. The Balaban J connectivity index is 1.96. The molecule has 1 aliphatic rings. The van der Waals surface area contributed by atoms with Crippen LogP contribution in [0.3, 0.4) is 0 Å². The second-order valence-corrected chi connectivity index (χ2v) is 7.35. The number of carbonyl (C=O) groups excluding carboxylic acids is 3. The van der Waals surface area contributed by atoms with Gasteiger partial charge in [-0.05, 0) is 45.7 Å². The maximum atomic E-state index is 12.5. The van der Waals surface area contributed by atoms with E-state index in [2.05, 4.69) is 15.6 Å². The summed E-state index contributed by atoms with van der Waals surface area (Å²) in [6.45, 7) is 7.87. The summed E-state index contributed by atoms with van der Waals surface area (Å²) >= 11 is 0. The van der Waals surface area contributed by atoms with Crippen LogP contribution in [0.15, 0.2) is 18.3 Å². The molecule has 2 rings (SSSR count). The lowest BCUT2D eigenvalue weighted by Crippen LogP contribution is -2.50. The predicted molar refractivity (Wildman–Crippen MR) is 96.8 cm³/mol. The maximum Gasteiger partial charge on any atom is 0.410 e. The zero-order chi connectivity index (χ0) is 19.3. The molecule has 26 heavy (non-hydrogen) atoms. The number of aromatic nitrogens is 1. The van der Waals surface area contributed by atoms with Crippen LogP contribution in [-0.4, -0.2) is 52.5 Å². The number of ether oxygens (including phenoxy) is 1. The van der Waals surface area contributed by atoms with Crippen LogP contribution < -0.4 is 10.6 Å². The first-order valence-corrected chi connectivity index (χ1v) is 8.66. The van der Waals surface area contributed by atoms with E-state index in [0.717, 1.165) is 12.8 Å². The SMILES string of the molecule is CC(=O)Nc1cc(C(=O)N[C@H]2CCCN(C(=O)OC(C)(C)C)C2)ccn1. The number of likely N-dealkylation sites (tertiary alicyclic amines) is 1. The third kappa shape index (κ3) is 6.02. The Morgan fingerprint density at radius 2 is 2.04 bits per heavy atom. The van der Waals surface area contributed by atoms with Crippen molar-refractivity contribution in [2.75, 3.05) is 18.4 Å². The Labute approximate surface area is 153 Å². The number of hydrogen-bond donors (Lipinski definition) is 2. The first-order valence-electron chi connectivity index (χ1n) is 8.66. The van der Waals surface area contributed by atoms with Crippen LogP contribution in [-0.2, 0) is 9.53 Å². The fourth-order valence-electron chi connectivity index (χ4n) is 2.68. The normalized spacial score (nSPS) is 17.4. The second kappa shape index (κ2) is 8.16. The number of hydrogen-bond acceptors (Lipinski definition) is 5. The molecule has 3 amide bonds. The molecule has 1 aromatic rings. The summed E-state index contributed by atoms with van der Waals surface area (Å²) in [7, 11) is 0. The van der Waals surface area contributed by atoms with E-state index in [0.29, 0.717) is 24.5 Å². The van der Waals surface area contributed by atoms with Crippen LogP contribution in [0, 0.1) is 0 Å². The van der Waals surface area contributed by atoms with Gasteiger partial charge in [0.1, 0.15) is 11.4 Å². The lowest BCUT2D eigenvalue weighted by Gasteiger charge is -2.34. The van der Waals surface area contributed by atoms with E-state index in [1.165, 1.54) is 19.2 Å². The van der Waals surface area contributed by atoms with E-state index in [1.807, 2.05) is 20.8 Å². The lowest BCUT2D eigenvalue weighted by atomic mass is 10.1. The van der Waals surface area contributed by atoms with Crippen molar-refractivity contribution in [1.82, 2.24) is 15.2 Å². The molecule has 2 N–H and O–H groups in total. The van der Waals surface area contributed by atoms with Crippen molar-refractivity contribution in [3.8, 4) is 0 Å². The molecule has 1 aliphatic heterocycles. The van der Waals surface area contributed by atoms with Gasteiger partial charge in [0.15, 0.2) is 0 Å². The summed E-state index contributed by atoms with van der Waals surface area (Å²) in [6.07, 6.45) is 2.67. The first kappa shape index (κ1) is 19.7. The van der Waals surface area contributed by atoms with Gasteiger partial charge in [-0.2, -0.15) is 0 Å². The highest BCUT2D eigenvalue weighted by molar-refractivity contribution is 5.96. The van der Waals surface area contributed by atoms with Crippen LogP contribution in [0.25, 0.3) is 0 Å². The number of amides is 3. The molecule has 2 heterocycles. The Hall–Kier alpha value is -2.64. The standard InChI is InChI=1S/C18H26N4O4/c1-12(23)20-15-10-13(7-8-19-15)16(24)21-14-6-5-9-22(11-14)17(25)26-18(2,3)4/h7-8,10,14H,5-6,9,11H2,1-4H3,(H,21,24)(H,19,20,23)/t14-/m0/s1. The minimum atomic E-state index is -0.551. The van der Waals surface area contributed by atoms with Crippen molar-refractivity contribution in [3.05, 3.63) is 23.9 Å². The van der Waals surface area contributed by atoms with Gasteiger partial charge < -0.3 is 20.3 Å². The summed E-state index contributed by atoms with van der Waals surface area (Å²) in [5.74, 6) is -0.199. The third-order valence-corrected chi connectivity index (χ3v) is 3.73. The average Bonchev–Trinajstić information content (AvgIpc) is 2.53. The molecule has 1 saturated heterocycles. The predicted octanol–water partition coefficient (Wildman–Crippen LogP) is 2.17. The Morgan fingerprint density at radius 1 is 1.31 bits per heavy atom. The van der Waals surface area contributed by atoms with Gasteiger partial charge in [0.2, 0.25) is 5.91 Å². The summed E-state index contributed by atoms with van der Waals surface area (Å²) in [5.41, 5.74) is -0.150. The van der Waals surface area contributed by atoms with Gasteiger partial charge in [-0.25, -0.2) is 9.78 Å². The fraction of sp³-hybridized carbons (Fsp3) is 0.556. The number of carbonyl (C=O) groups is 3. The van der Waals surface area contributed by atoms with Crippen molar-refractivity contribution < 1.29 is 19.1 Å². The molecule has 1 aromatic heterocycles. The van der Waals surface area contributed by atoms with Crippen molar-refractivity contribution in [2.24, 2.45) is 0 Å². The topological polar surface area (TPSA) is 101 Å². The van der Waals surface area contributed by atoms with Gasteiger partial charge in [0.25, 0.3) is 5.91 Å². The van der Waals surface area contributed by atoms with Gasteiger partial charge in [-0.15, -0.1) is 0 Å². The Kier molecular flexibility index (Phi) is 6.18. The minimum Gasteiger partial charge on any atom is -0.444 e. The van der Waals surface area contributed by atoms with E-state index in [4.69, 9.17) is 4.74 Å². The van der Waals surface area contributed by atoms with E-state index in [1.54, 1.807) is 11.0 Å². The molecule has 0 spiro atoms. The second-order valence-electron chi connectivity index (χ2n) is 7.35. The fourth-order valence-corrected chi connectivity index (χ4v) is 2.68. The number of pyridine rings is 1. The van der Waals surface area contributed by atoms with Crippen molar-refractivity contribution in [1.29, 1.82) is 0 Å². The lowest BCUT2D eigenvalue weighted by molar-refractivity contribution is -0.114. The highest BCUT2D eigenvalue weighted by Gasteiger charge is 2.28. The van der Waals surface area contributed by atoms with Crippen LogP contribution >= 0.6 is 0 Å². The monoisotopic (exact) mass is 362 g/mol.